The molecule has 11 heteroatoms. The van der Waals surface area contributed by atoms with E-state index in [2.05, 4.69) is 14.5 Å². The van der Waals surface area contributed by atoms with Gasteiger partial charge in [0.2, 0.25) is 0 Å². The van der Waals surface area contributed by atoms with Crippen LogP contribution in [0.25, 0.3) is 0 Å². The number of amides is 1. The van der Waals surface area contributed by atoms with Crippen molar-refractivity contribution in [2.24, 2.45) is 0 Å². The minimum absolute atomic E-state index is 0.0244. The number of aromatic nitrogens is 2. The van der Waals surface area contributed by atoms with Crippen LogP contribution in [0.1, 0.15) is 22.7 Å². The Kier molecular flexibility index (Phi) is 6.24. The van der Waals surface area contributed by atoms with E-state index in [0.29, 0.717) is 11.7 Å². The van der Waals surface area contributed by atoms with Gasteiger partial charge < -0.3 is 19.3 Å². The number of nitrogens with zero attached hydrogens (tertiary/aromatic N) is 4. The van der Waals surface area contributed by atoms with Crippen LogP contribution >= 0.6 is 0 Å². The first-order valence-corrected chi connectivity index (χ1v) is 7.99. The number of ether oxygens (including phenoxy) is 1. The molecule has 1 N–H and O–H groups in total. The Bertz CT molecular complexity index is 654. The first kappa shape index (κ1) is 20.2. The third-order valence-corrected chi connectivity index (χ3v) is 4.18. The van der Waals surface area contributed by atoms with E-state index in [9.17, 15) is 18.0 Å². The highest BCUT2D eigenvalue weighted by molar-refractivity contribution is 5.92. The van der Waals surface area contributed by atoms with Gasteiger partial charge in [0.25, 0.3) is 5.91 Å². The van der Waals surface area contributed by atoms with Crippen LogP contribution in [0.3, 0.4) is 0 Å². The molecule has 1 aromatic heterocycles. The fourth-order valence-corrected chi connectivity index (χ4v) is 2.80. The number of carboxylic acid groups (broad SMARTS) is 1. The number of hydrogen-bond donors (Lipinski definition) is 1. The van der Waals surface area contributed by atoms with Crippen LogP contribution < -0.4 is 0 Å². The Labute approximate surface area is 148 Å². The predicted octanol–water partition coefficient (Wildman–Crippen LogP) is 0.823. The summed E-state index contributed by atoms with van der Waals surface area (Å²) in [6.45, 7) is 4.30. The van der Waals surface area contributed by atoms with Crippen molar-refractivity contribution in [2.45, 2.75) is 31.7 Å². The van der Waals surface area contributed by atoms with E-state index in [1.807, 2.05) is 0 Å². The molecule has 0 spiro atoms. The minimum atomic E-state index is -5.08. The van der Waals surface area contributed by atoms with Crippen molar-refractivity contribution in [3.8, 4) is 0 Å². The summed E-state index contributed by atoms with van der Waals surface area (Å²) in [4.78, 5) is 29.4. The molecule has 1 aromatic rings. The molecule has 2 aliphatic heterocycles. The molecule has 0 aromatic carbocycles. The normalized spacial score (nSPS) is 20.1. The Balaban J connectivity index is 0.000000298. The lowest BCUT2D eigenvalue weighted by atomic mass is 10.2. The number of imidazole rings is 1. The van der Waals surface area contributed by atoms with Crippen LogP contribution in [0.15, 0.2) is 6.20 Å². The molecule has 1 atom stereocenters. The Morgan fingerprint density at radius 2 is 2.00 bits per heavy atom. The number of aliphatic carboxylic acids is 1. The van der Waals surface area contributed by atoms with E-state index in [0.717, 1.165) is 45.1 Å². The summed E-state index contributed by atoms with van der Waals surface area (Å²) in [5.41, 5.74) is 0.697. The molecule has 1 fully saturated rings. The quantitative estimate of drug-likeness (QED) is 0.820. The van der Waals surface area contributed by atoms with Gasteiger partial charge in [0.15, 0.2) is 0 Å². The first-order valence-electron chi connectivity index (χ1n) is 7.99. The van der Waals surface area contributed by atoms with E-state index in [1.165, 1.54) is 0 Å². The van der Waals surface area contributed by atoms with Gasteiger partial charge in [-0.25, -0.2) is 9.78 Å². The fourth-order valence-electron chi connectivity index (χ4n) is 2.80. The lowest BCUT2D eigenvalue weighted by Crippen LogP contribution is -2.42. The molecule has 3 heterocycles. The number of alkyl halides is 3. The van der Waals surface area contributed by atoms with Crippen molar-refractivity contribution in [3.63, 3.8) is 0 Å². The summed E-state index contributed by atoms with van der Waals surface area (Å²) < 4.78 is 39.2. The number of rotatable bonds is 2. The van der Waals surface area contributed by atoms with Crippen molar-refractivity contribution < 1.29 is 32.6 Å². The molecule has 146 valence electrons. The van der Waals surface area contributed by atoms with Gasteiger partial charge in [0, 0.05) is 39.8 Å². The number of carboxylic acids is 1. The van der Waals surface area contributed by atoms with Crippen molar-refractivity contribution >= 4 is 11.9 Å². The zero-order valence-corrected chi connectivity index (χ0v) is 14.5. The maximum Gasteiger partial charge on any atom is 0.490 e. The van der Waals surface area contributed by atoms with E-state index in [-0.39, 0.29) is 5.91 Å². The van der Waals surface area contributed by atoms with Gasteiger partial charge in [-0.1, -0.05) is 0 Å². The molecule has 8 nitrogen and oxygen atoms in total. The third-order valence-electron chi connectivity index (χ3n) is 4.18. The van der Waals surface area contributed by atoms with Crippen LogP contribution in [0.4, 0.5) is 13.2 Å². The summed E-state index contributed by atoms with van der Waals surface area (Å²) in [5, 5.41) is 7.12. The Morgan fingerprint density at radius 1 is 1.35 bits per heavy atom. The number of carbonyl (C=O) groups is 2. The van der Waals surface area contributed by atoms with Crippen LogP contribution in [0.2, 0.25) is 0 Å². The largest absolute Gasteiger partial charge is 0.490 e. The molecule has 0 radical (unpaired) electrons. The van der Waals surface area contributed by atoms with Gasteiger partial charge in [-0.15, -0.1) is 0 Å². The molecule has 1 unspecified atom stereocenters. The number of fused-ring (bicyclic) bond motifs is 1. The predicted molar refractivity (Wildman–Crippen MR) is 83.6 cm³/mol. The average Bonchev–Trinajstić information content (AvgIpc) is 3.22. The van der Waals surface area contributed by atoms with E-state index in [1.54, 1.807) is 25.2 Å². The second kappa shape index (κ2) is 8.04. The molecule has 0 bridgehead atoms. The second-order valence-electron chi connectivity index (χ2n) is 6.20. The van der Waals surface area contributed by atoms with Crippen molar-refractivity contribution in [3.05, 3.63) is 17.7 Å². The number of hydrogen-bond acceptors (Lipinski definition) is 5. The lowest BCUT2D eigenvalue weighted by Gasteiger charge is -2.32. The molecular weight excluding hydrogens is 357 g/mol. The maximum atomic E-state index is 12.0. The molecule has 0 saturated carbocycles. The maximum absolute atomic E-state index is 12.0. The SMILES string of the molecule is CN(C)C(=O)c1cnc2n1CCN(C1CCOC1)C2.O=C(O)C(F)(F)F. The average molecular weight is 378 g/mol. The van der Waals surface area contributed by atoms with Crippen LogP contribution in [0.5, 0.6) is 0 Å². The van der Waals surface area contributed by atoms with Crippen molar-refractivity contribution in [2.75, 3.05) is 33.9 Å². The lowest BCUT2D eigenvalue weighted by molar-refractivity contribution is -0.192. The Morgan fingerprint density at radius 3 is 2.50 bits per heavy atom. The summed E-state index contributed by atoms with van der Waals surface area (Å²) in [6.07, 6.45) is -2.28. The summed E-state index contributed by atoms with van der Waals surface area (Å²) >= 11 is 0. The fraction of sp³-hybridized carbons (Fsp3) is 0.667. The van der Waals surface area contributed by atoms with Gasteiger partial charge in [-0.05, 0) is 6.42 Å². The molecule has 0 aliphatic carbocycles. The van der Waals surface area contributed by atoms with E-state index >= 15 is 0 Å². The molecular formula is C15H21F3N4O4. The number of carbonyl (C=O) groups excluding carboxylic acids is 1. The number of halogens is 3. The van der Waals surface area contributed by atoms with E-state index in [4.69, 9.17) is 14.6 Å². The first-order chi connectivity index (χ1) is 12.1. The minimum Gasteiger partial charge on any atom is -0.475 e. The summed E-state index contributed by atoms with van der Waals surface area (Å²) in [6, 6.07) is 0.512. The van der Waals surface area contributed by atoms with Gasteiger partial charge in [-0.2, -0.15) is 13.2 Å². The van der Waals surface area contributed by atoms with Crippen molar-refractivity contribution in [1.82, 2.24) is 19.4 Å². The molecule has 1 amide bonds. The smallest absolute Gasteiger partial charge is 0.475 e. The standard InChI is InChI=1S/C13H20N4O2.C2HF3O2/c1-15(2)13(18)11-7-14-12-8-16(4-5-17(11)12)10-3-6-19-9-10;3-2(4,5)1(6)7/h7,10H,3-6,8-9H2,1-2H3;(H,6,7). The molecule has 2 aliphatic rings. The van der Waals surface area contributed by atoms with Gasteiger partial charge in [-0.3, -0.25) is 9.69 Å². The van der Waals surface area contributed by atoms with Crippen molar-refractivity contribution in [1.29, 1.82) is 0 Å². The van der Waals surface area contributed by atoms with Gasteiger partial charge in [0.05, 0.1) is 19.3 Å². The highest BCUT2D eigenvalue weighted by Crippen LogP contribution is 2.21. The zero-order chi connectivity index (χ0) is 19.5. The van der Waals surface area contributed by atoms with E-state index < -0.39 is 12.1 Å². The van der Waals surface area contributed by atoms with Gasteiger partial charge in [0.1, 0.15) is 11.5 Å². The summed E-state index contributed by atoms with van der Waals surface area (Å²) in [5.74, 6) is -1.74. The Hall–Kier alpha value is -2.14. The second-order valence-corrected chi connectivity index (χ2v) is 6.20. The topological polar surface area (TPSA) is 87.9 Å². The third kappa shape index (κ3) is 4.73. The highest BCUT2D eigenvalue weighted by atomic mass is 19.4. The molecule has 1 saturated heterocycles. The molecule has 3 rings (SSSR count). The van der Waals surface area contributed by atoms with Crippen LogP contribution in [0, 0.1) is 0 Å². The van der Waals surface area contributed by atoms with Gasteiger partial charge >= 0.3 is 12.1 Å². The highest BCUT2D eigenvalue weighted by Gasteiger charge is 2.38. The van der Waals surface area contributed by atoms with Crippen LogP contribution in [-0.4, -0.2) is 82.4 Å². The monoisotopic (exact) mass is 378 g/mol. The zero-order valence-electron chi connectivity index (χ0n) is 14.5. The summed E-state index contributed by atoms with van der Waals surface area (Å²) in [7, 11) is 3.54. The van der Waals surface area contributed by atoms with Crippen LogP contribution in [-0.2, 0) is 22.6 Å². The molecule has 26 heavy (non-hydrogen) atoms.